The van der Waals surface area contributed by atoms with Gasteiger partial charge in [-0.1, -0.05) is 85.7 Å². The molecule has 0 spiro atoms. The number of aryl methyl sites for hydroxylation is 1. The van der Waals surface area contributed by atoms with E-state index in [9.17, 15) is 13.2 Å². The van der Waals surface area contributed by atoms with Crippen molar-refractivity contribution in [1.82, 2.24) is 14.9 Å². The zero-order valence-corrected chi connectivity index (χ0v) is 23.0. The second-order valence-electron chi connectivity index (χ2n) is 9.45. The first-order valence-corrected chi connectivity index (χ1v) is 15.1. The number of hydrogen-bond acceptors (Lipinski definition) is 6. The summed E-state index contributed by atoms with van der Waals surface area (Å²) in [4.78, 5) is 24.2. The van der Waals surface area contributed by atoms with Crippen LogP contribution >= 0.6 is 23.4 Å². The van der Waals surface area contributed by atoms with E-state index in [1.807, 2.05) is 36.4 Å². The predicted octanol–water partition coefficient (Wildman–Crippen LogP) is 5.68. The molecule has 3 aromatic rings. The van der Waals surface area contributed by atoms with Crippen LogP contribution in [0.25, 0.3) is 0 Å². The largest absolute Gasteiger partial charge is 0.329 e. The molecule has 0 radical (unpaired) electrons. The van der Waals surface area contributed by atoms with Crippen LogP contribution in [0, 0.1) is 6.92 Å². The van der Waals surface area contributed by atoms with E-state index in [-0.39, 0.29) is 34.7 Å². The number of carbonyl (C=O) groups is 1. The molecule has 1 unspecified atom stereocenters. The molecule has 1 aromatic heterocycles. The van der Waals surface area contributed by atoms with E-state index in [2.05, 4.69) is 42.9 Å². The Balaban J connectivity index is 1.60. The van der Waals surface area contributed by atoms with E-state index >= 15 is 0 Å². The zero-order chi connectivity index (χ0) is 25.9. The lowest BCUT2D eigenvalue weighted by Gasteiger charge is -2.28. The molecule has 0 saturated carbocycles. The SMILES string of the molecule is Cc1ccccc1CSc1ncc(Cl)c(C(=O)N(Cc2ccc(C(C)C)cc2)C2CCS(=O)(=O)C2)n1. The van der Waals surface area contributed by atoms with Gasteiger partial charge in [0, 0.05) is 18.3 Å². The standard InChI is InChI=1S/C27H30ClN3O3S2/c1-18(2)21-10-8-20(9-11-21)15-31(23-12-13-36(33,34)17-23)26(32)25-24(28)14-29-27(30-25)35-16-22-7-5-4-6-19(22)3/h4-11,14,18,23H,12-13,15-17H2,1-3H3. The third-order valence-corrected chi connectivity index (χ3v) is 9.39. The molecule has 190 valence electrons. The number of sulfone groups is 1. The molecule has 36 heavy (non-hydrogen) atoms. The first-order valence-electron chi connectivity index (χ1n) is 11.9. The van der Waals surface area contributed by atoms with Crippen LogP contribution in [0.5, 0.6) is 0 Å². The van der Waals surface area contributed by atoms with Crippen molar-refractivity contribution in [3.8, 4) is 0 Å². The summed E-state index contributed by atoms with van der Waals surface area (Å²) in [5.41, 5.74) is 4.57. The lowest BCUT2D eigenvalue weighted by Crippen LogP contribution is -2.41. The van der Waals surface area contributed by atoms with Crippen LogP contribution in [0.4, 0.5) is 0 Å². The highest BCUT2D eigenvalue weighted by atomic mass is 35.5. The summed E-state index contributed by atoms with van der Waals surface area (Å²) in [5, 5.41) is 0.604. The van der Waals surface area contributed by atoms with Crippen molar-refractivity contribution in [2.45, 2.75) is 56.6 Å². The van der Waals surface area contributed by atoms with E-state index < -0.39 is 15.9 Å². The lowest BCUT2D eigenvalue weighted by molar-refractivity contribution is 0.0674. The van der Waals surface area contributed by atoms with Gasteiger partial charge in [-0.3, -0.25) is 4.79 Å². The van der Waals surface area contributed by atoms with Crippen molar-refractivity contribution in [2.75, 3.05) is 11.5 Å². The average molecular weight is 544 g/mol. The van der Waals surface area contributed by atoms with Crippen LogP contribution in [0.2, 0.25) is 5.02 Å². The Hall–Kier alpha value is -2.42. The van der Waals surface area contributed by atoms with Gasteiger partial charge in [-0.2, -0.15) is 0 Å². The minimum absolute atomic E-state index is 0.0551. The molecule has 0 N–H and O–H groups in total. The molecule has 6 nitrogen and oxygen atoms in total. The third-order valence-electron chi connectivity index (χ3n) is 6.45. The van der Waals surface area contributed by atoms with Gasteiger partial charge in [-0.25, -0.2) is 18.4 Å². The maximum atomic E-state index is 13.8. The minimum Gasteiger partial charge on any atom is -0.329 e. The highest BCUT2D eigenvalue weighted by molar-refractivity contribution is 7.98. The first-order chi connectivity index (χ1) is 17.1. The topological polar surface area (TPSA) is 80.2 Å². The monoisotopic (exact) mass is 543 g/mol. The molecule has 1 atom stereocenters. The maximum absolute atomic E-state index is 13.8. The fraction of sp³-hybridized carbons (Fsp3) is 0.370. The van der Waals surface area contributed by atoms with E-state index in [1.54, 1.807) is 4.90 Å². The van der Waals surface area contributed by atoms with E-state index in [0.29, 0.717) is 23.2 Å². The second kappa shape index (κ2) is 11.3. The number of carbonyl (C=O) groups excluding carboxylic acids is 1. The molecule has 2 heterocycles. The third kappa shape index (κ3) is 6.47. The molecule has 2 aromatic carbocycles. The minimum atomic E-state index is -3.19. The molecule has 1 aliphatic heterocycles. The molecule has 4 rings (SSSR count). The average Bonchev–Trinajstić information content (AvgIpc) is 3.22. The van der Waals surface area contributed by atoms with E-state index in [0.717, 1.165) is 11.1 Å². The van der Waals surface area contributed by atoms with Crippen LogP contribution in [-0.2, 0) is 22.1 Å². The molecule has 0 bridgehead atoms. The summed E-state index contributed by atoms with van der Waals surface area (Å²) in [6, 6.07) is 15.7. The fourth-order valence-electron chi connectivity index (χ4n) is 4.21. The zero-order valence-electron chi connectivity index (χ0n) is 20.6. The van der Waals surface area contributed by atoms with Gasteiger partial charge in [-0.15, -0.1) is 0 Å². The second-order valence-corrected chi connectivity index (χ2v) is 13.0. The lowest BCUT2D eigenvalue weighted by atomic mass is 10.0. The number of benzene rings is 2. The van der Waals surface area contributed by atoms with Gasteiger partial charge in [0.15, 0.2) is 20.7 Å². The molecular weight excluding hydrogens is 514 g/mol. The Kier molecular flexibility index (Phi) is 8.37. The van der Waals surface area contributed by atoms with Crippen molar-refractivity contribution >= 4 is 39.1 Å². The number of halogens is 1. The Morgan fingerprint density at radius 2 is 1.89 bits per heavy atom. The molecule has 1 fully saturated rings. The predicted molar refractivity (Wildman–Crippen MR) is 145 cm³/mol. The maximum Gasteiger partial charge on any atom is 0.274 e. The molecule has 1 saturated heterocycles. The Morgan fingerprint density at radius 3 is 2.53 bits per heavy atom. The number of rotatable bonds is 8. The normalized spacial score (nSPS) is 16.9. The molecular formula is C27H30ClN3O3S2. The summed E-state index contributed by atoms with van der Waals surface area (Å²) in [6.45, 7) is 6.58. The first kappa shape index (κ1) is 26.6. The van der Waals surface area contributed by atoms with Gasteiger partial charge in [0.05, 0.1) is 22.7 Å². The quantitative estimate of drug-likeness (QED) is 0.268. The van der Waals surface area contributed by atoms with Crippen molar-refractivity contribution in [3.05, 3.63) is 87.7 Å². The summed E-state index contributed by atoms with van der Waals surface area (Å²) < 4.78 is 24.5. The Bertz CT molecular complexity index is 1340. The summed E-state index contributed by atoms with van der Waals surface area (Å²) in [6.07, 6.45) is 1.85. The summed E-state index contributed by atoms with van der Waals surface area (Å²) in [5.74, 6) is 0.695. The van der Waals surface area contributed by atoms with Crippen LogP contribution in [-0.4, -0.2) is 46.7 Å². The number of aromatic nitrogens is 2. The van der Waals surface area contributed by atoms with E-state index in [4.69, 9.17) is 11.6 Å². The Labute approximate surface area is 222 Å². The highest BCUT2D eigenvalue weighted by Crippen LogP contribution is 2.27. The van der Waals surface area contributed by atoms with Crippen LogP contribution < -0.4 is 0 Å². The van der Waals surface area contributed by atoms with Gasteiger partial charge in [-0.05, 0) is 41.5 Å². The van der Waals surface area contributed by atoms with Crippen molar-refractivity contribution in [3.63, 3.8) is 0 Å². The van der Waals surface area contributed by atoms with Crippen molar-refractivity contribution in [2.24, 2.45) is 0 Å². The van der Waals surface area contributed by atoms with Gasteiger partial charge in [0.1, 0.15) is 0 Å². The molecule has 0 aliphatic carbocycles. The summed E-state index contributed by atoms with van der Waals surface area (Å²) >= 11 is 7.83. The van der Waals surface area contributed by atoms with Gasteiger partial charge in [0.2, 0.25) is 0 Å². The molecule has 1 aliphatic rings. The highest BCUT2D eigenvalue weighted by Gasteiger charge is 2.36. The molecule has 9 heteroatoms. The van der Waals surface area contributed by atoms with Crippen LogP contribution in [0.15, 0.2) is 59.9 Å². The number of hydrogen-bond donors (Lipinski definition) is 0. The van der Waals surface area contributed by atoms with Gasteiger partial charge in [0.25, 0.3) is 5.91 Å². The van der Waals surface area contributed by atoms with Crippen LogP contribution in [0.1, 0.15) is 58.9 Å². The van der Waals surface area contributed by atoms with Crippen molar-refractivity contribution < 1.29 is 13.2 Å². The van der Waals surface area contributed by atoms with Gasteiger partial charge < -0.3 is 4.90 Å². The fourth-order valence-corrected chi connectivity index (χ4v) is 7.01. The van der Waals surface area contributed by atoms with Crippen molar-refractivity contribution in [1.29, 1.82) is 0 Å². The van der Waals surface area contributed by atoms with Gasteiger partial charge >= 0.3 is 0 Å². The smallest absolute Gasteiger partial charge is 0.274 e. The van der Waals surface area contributed by atoms with Crippen LogP contribution in [0.3, 0.4) is 0 Å². The number of nitrogens with zero attached hydrogens (tertiary/aromatic N) is 3. The Morgan fingerprint density at radius 1 is 1.17 bits per heavy atom. The number of thioether (sulfide) groups is 1. The summed E-state index contributed by atoms with van der Waals surface area (Å²) in [7, 11) is -3.19. The number of amides is 1. The van der Waals surface area contributed by atoms with E-state index in [1.165, 1.54) is 29.1 Å². The molecule has 1 amide bonds.